The Hall–Kier alpha value is -2.04. The molecule has 1 fully saturated rings. The molecule has 1 atom stereocenters. The van der Waals surface area contributed by atoms with Crippen molar-refractivity contribution >= 4 is 11.9 Å². The Morgan fingerprint density at radius 1 is 1.33 bits per heavy atom. The summed E-state index contributed by atoms with van der Waals surface area (Å²) in [5, 5.41) is 9.41. The number of ether oxygens (including phenoxy) is 1. The van der Waals surface area contributed by atoms with Crippen molar-refractivity contribution in [3.8, 4) is 5.75 Å². The molecule has 1 aliphatic rings. The molecule has 2 rings (SSSR count). The van der Waals surface area contributed by atoms with Gasteiger partial charge in [-0.25, -0.2) is 0 Å². The quantitative estimate of drug-likeness (QED) is 0.904. The average molecular weight is 291 g/mol. The second-order valence-electron chi connectivity index (χ2n) is 5.34. The van der Waals surface area contributed by atoms with Crippen molar-refractivity contribution < 1.29 is 19.4 Å². The van der Waals surface area contributed by atoms with Crippen molar-refractivity contribution in [2.24, 2.45) is 5.41 Å². The van der Waals surface area contributed by atoms with Crippen LogP contribution in [0.5, 0.6) is 5.75 Å². The van der Waals surface area contributed by atoms with Gasteiger partial charge in [0.25, 0.3) is 5.91 Å². The molecule has 1 unspecified atom stereocenters. The number of carboxylic acid groups (broad SMARTS) is 1. The van der Waals surface area contributed by atoms with Crippen molar-refractivity contribution in [3.63, 3.8) is 0 Å². The minimum Gasteiger partial charge on any atom is -0.493 e. The third-order valence-corrected chi connectivity index (χ3v) is 4.19. The second-order valence-corrected chi connectivity index (χ2v) is 5.34. The number of amides is 1. The number of hydrogen-bond acceptors (Lipinski definition) is 3. The predicted molar refractivity (Wildman–Crippen MR) is 78.5 cm³/mol. The maximum absolute atomic E-state index is 12.6. The van der Waals surface area contributed by atoms with Crippen molar-refractivity contribution in [1.29, 1.82) is 0 Å². The molecular formula is C16H21NO4. The van der Waals surface area contributed by atoms with Crippen LogP contribution in [0.1, 0.15) is 37.0 Å². The van der Waals surface area contributed by atoms with Crippen LogP contribution in [0.4, 0.5) is 0 Å². The van der Waals surface area contributed by atoms with E-state index in [9.17, 15) is 14.7 Å². The topological polar surface area (TPSA) is 66.8 Å². The Morgan fingerprint density at radius 3 is 2.62 bits per heavy atom. The van der Waals surface area contributed by atoms with Crippen LogP contribution in [0.25, 0.3) is 0 Å². The van der Waals surface area contributed by atoms with Crippen molar-refractivity contribution in [2.75, 3.05) is 19.7 Å². The first kappa shape index (κ1) is 15.4. The summed E-state index contributed by atoms with van der Waals surface area (Å²) in [5.74, 6) is -0.427. The van der Waals surface area contributed by atoms with E-state index in [0.29, 0.717) is 37.3 Å². The van der Waals surface area contributed by atoms with Crippen LogP contribution in [0.3, 0.4) is 0 Å². The maximum atomic E-state index is 12.6. The van der Waals surface area contributed by atoms with Gasteiger partial charge in [-0.05, 0) is 31.9 Å². The standard InChI is InChI=1S/C16H21NO4/c1-3-16(15(19)20)9-10-17(11-16)14(18)12-7-5-6-8-13(12)21-4-2/h5-8H,3-4,9-11H2,1-2H3,(H,19,20). The van der Waals surface area contributed by atoms with Crippen LogP contribution in [-0.4, -0.2) is 41.6 Å². The van der Waals surface area contributed by atoms with Crippen LogP contribution >= 0.6 is 0 Å². The molecule has 0 saturated carbocycles. The number of benzene rings is 1. The number of hydrogen-bond donors (Lipinski definition) is 1. The molecule has 0 spiro atoms. The minimum atomic E-state index is -0.821. The van der Waals surface area contributed by atoms with Gasteiger partial charge < -0.3 is 14.7 Å². The summed E-state index contributed by atoms with van der Waals surface area (Å²) < 4.78 is 5.48. The molecule has 1 aliphatic heterocycles. The fourth-order valence-electron chi connectivity index (χ4n) is 2.76. The minimum absolute atomic E-state index is 0.157. The van der Waals surface area contributed by atoms with E-state index in [0.717, 1.165) is 0 Å². The number of para-hydroxylation sites is 1. The third-order valence-electron chi connectivity index (χ3n) is 4.19. The molecule has 1 aromatic rings. The summed E-state index contributed by atoms with van der Waals surface area (Å²) in [5.41, 5.74) is -0.312. The van der Waals surface area contributed by atoms with Gasteiger partial charge in [0.1, 0.15) is 5.75 Å². The van der Waals surface area contributed by atoms with E-state index in [4.69, 9.17) is 4.74 Å². The summed E-state index contributed by atoms with van der Waals surface area (Å²) in [7, 11) is 0. The van der Waals surface area contributed by atoms with Crippen LogP contribution in [0.15, 0.2) is 24.3 Å². The molecule has 1 aromatic carbocycles. The van der Waals surface area contributed by atoms with E-state index in [1.807, 2.05) is 19.9 Å². The van der Waals surface area contributed by atoms with Crippen LogP contribution < -0.4 is 4.74 Å². The SMILES string of the molecule is CCOc1ccccc1C(=O)N1CCC(CC)(C(=O)O)C1. The molecule has 114 valence electrons. The Labute approximate surface area is 124 Å². The Morgan fingerprint density at radius 2 is 2.05 bits per heavy atom. The molecule has 1 amide bonds. The number of carboxylic acids is 1. The summed E-state index contributed by atoms with van der Waals surface area (Å²) in [6, 6.07) is 7.09. The molecule has 1 saturated heterocycles. The van der Waals surface area contributed by atoms with Gasteiger partial charge in [-0.15, -0.1) is 0 Å². The number of carbonyl (C=O) groups is 2. The van der Waals surface area contributed by atoms with Crippen LogP contribution in [-0.2, 0) is 4.79 Å². The van der Waals surface area contributed by atoms with Crippen molar-refractivity contribution in [3.05, 3.63) is 29.8 Å². The highest BCUT2D eigenvalue weighted by Gasteiger charge is 2.45. The first-order valence-electron chi connectivity index (χ1n) is 7.28. The smallest absolute Gasteiger partial charge is 0.311 e. The number of carbonyl (C=O) groups excluding carboxylic acids is 1. The highest BCUT2D eigenvalue weighted by Crippen LogP contribution is 2.35. The van der Waals surface area contributed by atoms with Gasteiger partial charge in [0, 0.05) is 13.1 Å². The highest BCUT2D eigenvalue weighted by atomic mass is 16.5. The first-order chi connectivity index (χ1) is 10.0. The van der Waals surface area contributed by atoms with E-state index in [-0.39, 0.29) is 12.5 Å². The first-order valence-corrected chi connectivity index (χ1v) is 7.28. The van der Waals surface area contributed by atoms with Crippen LogP contribution in [0.2, 0.25) is 0 Å². The zero-order valence-corrected chi connectivity index (χ0v) is 12.5. The summed E-state index contributed by atoms with van der Waals surface area (Å²) in [4.78, 5) is 25.7. The predicted octanol–water partition coefficient (Wildman–Crippen LogP) is 2.41. The van der Waals surface area contributed by atoms with Gasteiger partial charge in [-0.1, -0.05) is 19.1 Å². The highest BCUT2D eigenvalue weighted by molar-refractivity contribution is 5.97. The average Bonchev–Trinajstić information content (AvgIpc) is 2.93. The van der Waals surface area contributed by atoms with E-state index < -0.39 is 11.4 Å². The normalized spacial score (nSPS) is 21.3. The number of aliphatic carboxylic acids is 1. The summed E-state index contributed by atoms with van der Waals surface area (Å²) >= 11 is 0. The van der Waals surface area contributed by atoms with Crippen molar-refractivity contribution in [2.45, 2.75) is 26.7 Å². The molecule has 5 heteroatoms. The molecule has 1 N–H and O–H groups in total. The van der Waals surface area contributed by atoms with Crippen LogP contribution in [0, 0.1) is 5.41 Å². The van der Waals surface area contributed by atoms with E-state index >= 15 is 0 Å². The lowest BCUT2D eigenvalue weighted by Crippen LogP contribution is -2.36. The molecule has 0 aliphatic carbocycles. The van der Waals surface area contributed by atoms with Gasteiger partial charge in [-0.2, -0.15) is 0 Å². The fraction of sp³-hybridized carbons (Fsp3) is 0.500. The third kappa shape index (κ3) is 2.86. The Balaban J connectivity index is 2.21. The summed E-state index contributed by atoms with van der Waals surface area (Å²) in [6.07, 6.45) is 1.03. The summed E-state index contributed by atoms with van der Waals surface area (Å²) in [6.45, 7) is 4.94. The van der Waals surface area contributed by atoms with Gasteiger partial charge in [0.05, 0.1) is 17.6 Å². The molecule has 21 heavy (non-hydrogen) atoms. The number of likely N-dealkylation sites (tertiary alicyclic amines) is 1. The fourth-order valence-corrected chi connectivity index (χ4v) is 2.76. The molecule has 5 nitrogen and oxygen atoms in total. The van der Waals surface area contributed by atoms with Crippen molar-refractivity contribution in [1.82, 2.24) is 4.90 Å². The van der Waals surface area contributed by atoms with Gasteiger partial charge in [-0.3, -0.25) is 9.59 Å². The number of rotatable bonds is 5. The lowest BCUT2D eigenvalue weighted by atomic mass is 9.84. The molecule has 0 bridgehead atoms. The zero-order chi connectivity index (χ0) is 15.5. The van der Waals surface area contributed by atoms with E-state index in [1.54, 1.807) is 23.1 Å². The van der Waals surface area contributed by atoms with E-state index in [2.05, 4.69) is 0 Å². The molecular weight excluding hydrogens is 270 g/mol. The van der Waals surface area contributed by atoms with E-state index in [1.165, 1.54) is 0 Å². The second kappa shape index (κ2) is 6.16. The largest absolute Gasteiger partial charge is 0.493 e. The Bertz CT molecular complexity index is 543. The lowest BCUT2D eigenvalue weighted by Gasteiger charge is -2.23. The van der Waals surface area contributed by atoms with Gasteiger partial charge in [0.15, 0.2) is 0 Å². The monoisotopic (exact) mass is 291 g/mol. The molecule has 0 aromatic heterocycles. The Kier molecular flexibility index (Phi) is 4.50. The zero-order valence-electron chi connectivity index (χ0n) is 12.5. The lowest BCUT2D eigenvalue weighted by molar-refractivity contribution is -0.148. The molecule has 1 heterocycles. The van der Waals surface area contributed by atoms with Gasteiger partial charge >= 0.3 is 5.97 Å². The number of nitrogens with zero attached hydrogens (tertiary/aromatic N) is 1. The maximum Gasteiger partial charge on any atom is 0.311 e. The van der Waals surface area contributed by atoms with Gasteiger partial charge in [0.2, 0.25) is 0 Å². The molecule has 0 radical (unpaired) electrons.